The van der Waals surface area contributed by atoms with E-state index in [-0.39, 0.29) is 10.6 Å². The van der Waals surface area contributed by atoms with Crippen LogP contribution in [0.4, 0.5) is 5.69 Å². The SMILES string of the molecule is Cc1ccc(NC(=O)[C@@H](C)OC(=O)CNC(=O)c2ccc(Cl)cc2Cl)cc1. The van der Waals surface area contributed by atoms with E-state index >= 15 is 0 Å². The van der Waals surface area contributed by atoms with E-state index in [1.807, 2.05) is 19.1 Å². The Labute approximate surface area is 166 Å². The first-order chi connectivity index (χ1) is 12.8. The molecule has 8 heteroatoms. The largest absolute Gasteiger partial charge is 0.451 e. The first kappa shape index (κ1) is 20.7. The summed E-state index contributed by atoms with van der Waals surface area (Å²) >= 11 is 11.7. The fraction of sp³-hybridized carbons (Fsp3) is 0.211. The van der Waals surface area contributed by atoms with E-state index < -0.39 is 30.4 Å². The molecule has 0 fully saturated rings. The van der Waals surface area contributed by atoms with Crippen molar-refractivity contribution in [2.75, 3.05) is 11.9 Å². The number of carbonyl (C=O) groups excluding carboxylic acids is 3. The molecule has 6 nitrogen and oxygen atoms in total. The van der Waals surface area contributed by atoms with Gasteiger partial charge in [0.2, 0.25) is 0 Å². The van der Waals surface area contributed by atoms with Crippen LogP contribution in [0.1, 0.15) is 22.8 Å². The number of halogens is 2. The van der Waals surface area contributed by atoms with Crippen LogP contribution in [0.25, 0.3) is 0 Å². The van der Waals surface area contributed by atoms with Gasteiger partial charge in [-0.3, -0.25) is 14.4 Å². The summed E-state index contributed by atoms with van der Waals surface area (Å²) in [5.41, 5.74) is 1.84. The summed E-state index contributed by atoms with van der Waals surface area (Å²) in [4.78, 5) is 36.0. The van der Waals surface area contributed by atoms with Gasteiger partial charge >= 0.3 is 5.97 Å². The highest BCUT2D eigenvalue weighted by Crippen LogP contribution is 2.20. The molecule has 0 saturated heterocycles. The lowest BCUT2D eigenvalue weighted by atomic mass is 10.2. The molecular weight excluding hydrogens is 391 g/mol. The molecular formula is C19H18Cl2N2O4. The zero-order valence-corrected chi connectivity index (χ0v) is 16.2. The van der Waals surface area contributed by atoms with E-state index in [0.717, 1.165) is 5.56 Å². The highest BCUT2D eigenvalue weighted by molar-refractivity contribution is 6.36. The van der Waals surface area contributed by atoms with Crippen molar-refractivity contribution in [3.05, 3.63) is 63.6 Å². The van der Waals surface area contributed by atoms with Crippen LogP contribution in [0.15, 0.2) is 42.5 Å². The van der Waals surface area contributed by atoms with Crippen LogP contribution in [0.5, 0.6) is 0 Å². The summed E-state index contributed by atoms with van der Waals surface area (Å²) in [6, 6.07) is 11.6. The molecule has 1 atom stereocenters. The molecule has 0 aliphatic rings. The number of hydrogen-bond donors (Lipinski definition) is 2. The van der Waals surface area contributed by atoms with Crippen LogP contribution in [0, 0.1) is 6.92 Å². The predicted octanol–water partition coefficient (Wildman–Crippen LogP) is 3.60. The summed E-state index contributed by atoms with van der Waals surface area (Å²) in [5.74, 6) is -1.77. The van der Waals surface area contributed by atoms with Crippen LogP contribution >= 0.6 is 23.2 Å². The fourth-order valence-electron chi connectivity index (χ4n) is 2.09. The van der Waals surface area contributed by atoms with Crippen LogP contribution in [-0.4, -0.2) is 30.4 Å². The maximum absolute atomic E-state index is 12.1. The van der Waals surface area contributed by atoms with Crippen molar-refractivity contribution in [3.63, 3.8) is 0 Å². The number of carbonyl (C=O) groups is 3. The number of benzene rings is 2. The van der Waals surface area contributed by atoms with Gasteiger partial charge in [-0.15, -0.1) is 0 Å². The summed E-state index contributed by atoms with van der Waals surface area (Å²) < 4.78 is 5.02. The number of ether oxygens (including phenoxy) is 1. The minimum absolute atomic E-state index is 0.166. The van der Waals surface area contributed by atoms with Crippen molar-refractivity contribution >= 4 is 46.7 Å². The molecule has 0 bridgehead atoms. The second-order valence-corrected chi connectivity index (χ2v) is 6.64. The second kappa shape index (κ2) is 9.39. The standard InChI is InChI=1S/C19H18Cl2N2O4/c1-11-3-6-14(7-4-11)23-18(25)12(2)27-17(24)10-22-19(26)15-8-5-13(20)9-16(15)21/h3-9,12H,10H2,1-2H3,(H,22,26)(H,23,25)/t12-/m1/s1. The van der Waals surface area contributed by atoms with Gasteiger partial charge in [-0.05, 0) is 44.2 Å². The Morgan fingerprint density at radius 2 is 1.74 bits per heavy atom. The maximum atomic E-state index is 12.1. The van der Waals surface area contributed by atoms with Gasteiger partial charge in [0.1, 0.15) is 6.54 Å². The highest BCUT2D eigenvalue weighted by Gasteiger charge is 2.19. The smallest absolute Gasteiger partial charge is 0.326 e. The minimum atomic E-state index is -1.02. The topological polar surface area (TPSA) is 84.5 Å². The molecule has 2 rings (SSSR count). The number of hydrogen-bond acceptors (Lipinski definition) is 4. The molecule has 2 aromatic rings. The van der Waals surface area contributed by atoms with Gasteiger partial charge in [-0.25, -0.2) is 0 Å². The van der Waals surface area contributed by atoms with Crippen LogP contribution in [0.2, 0.25) is 10.0 Å². The second-order valence-electron chi connectivity index (χ2n) is 5.79. The number of nitrogens with one attached hydrogen (secondary N) is 2. The van der Waals surface area contributed by atoms with E-state index in [4.69, 9.17) is 27.9 Å². The van der Waals surface area contributed by atoms with Crippen molar-refractivity contribution in [2.24, 2.45) is 0 Å². The molecule has 2 aromatic carbocycles. The van der Waals surface area contributed by atoms with Crippen molar-refractivity contribution in [2.45, 2.75) is 20.0 Å². The molecule has 27 heavy (non-hydrogen) atoms. The Kier molecular flexibility index (Phi) is 7.21. The Balaban J connectivity index is 1.82. The number of esters is 1. The Bertz CT molecular complexity index is 853. The van der Waals surface area contributed by atoms with Gasteiger partial charge < -0.3 is 15.4 Å². The average Bonchev–Trinajstić information content (AvgIpc) is 2.61. The van der Waals surface area contributed by atoms with Crippen LogP contribution in [0.3, 0.4) is 0 Å². The van der Waals surface area contributed by atoms with Crippen molar-refractivity contribution in [1.29, 1.82) is 0 Å². The molecule has 0 saturated carbocycles. The van der Waals surface area contributed by atoms with Crippen molar-refractivity contribution < 1.29 is 19.1 Å². The first-order valence-corrected chi connectivity index (χ1v) is 8.82. The average molecular weight is 409 g/mol. The molecule has 0 radical (unpaired) electrons. The zero-order chi connectivity index (χ0) is 20.0. The third-order valence-corrected chi connectivity index (χ3v) is 4.11. The van der Waals surface area contributed by atoms with Gasteiger partial charge in [0.15, 0.2) is 6.10 Å². The van der Waals surface area contributed by atoms with Crippen LogP contribution in [-0.2, 0) is 14.3 Å². The molecule has 0 aliphatic carbocycles. The summed E-state index contributed by atoms with van der Waals surface area (Å²) in [6.45, 7) is 2.97. The monoisotopic (exact) mass is 408 g/mol. The lowest BCUT2D eigenvalue weighted by Gasteiger charge is -2.14. The number of aryl methyl sites for hydroxylation is 1. The van der Waals surface area contributed by atoms with E-state index in [2.05, 4.69) is 10.6 Å². The van der Waals surface area contributed by atoms with Gasteiger partial charge in [0.25, 0.3) is 11.8 Å². The third-order valence-electron chi connectivity index (χ3n) is 3.57. The fourth-order valence-corrected chi connectivity index (χ4v) is 2.59. The number of amides is 2. The lowest BCUT2D eigenvalue weighted by Crippen LogP contribution is -2.35. The first-order valence-electron chi connectivity index (χ1n) is 8.06. The van der Waals surface area contributed by atoms with Gasteiger partial charge in [0.05, 0.1) is 10.6 Å². The van der Waals surface area contributed by atoms with Gasteiger partial charge in [-0.2, -0.15) is 0 Å². The number of rotatable bonds is 6. The van der Waals surface area contributed by atoms with E-state index in [1.165, 1.54) is 25.1 Å². The summed E-state index contributed by atoms with van der Waals surface area (Å²) in [6.07, 6.45) is -1.02. The molecule has 2 N–H and O–H groups in total. The summed E-state index contributed by atoms with van der Waals surface area (Å²) in [5, 5.41) is 5.59. The maximum Gasteiger partial charge on any atom is 0.326 e. The zero-order valence-electron chi connectivity index (χ0n) is 14.7. The quantitative estimate of drug-likeness (QED) is 0.714. The Hall–Kier alpha value is -2.57. The Morgan fingerprint density at radius 3 is 2.37 bits per heavy atom. The van der Waals surface area contributed by atoms with E-state index in [9.17, 15) is 14.4 Å². The molecule has 0 heterocycles. The highest BCUT2D eigenvalue weighted by atomic mass is 35.5. The summed E-state index contributed by atoms with van der Waals surface area (Å²) in [7, 11) is 0. The van der Waals surface area contributed by atoms with Crippen LogP contribution < -0.4 is 10.6 Å². The predicted molar refractivity (Wildman–Crippen MR) is 104 cm³/mol. The van der Waals surface area contributed by atoms with Crippen molar-refractivity contribution in [3.8, 4) is 0 Å². The number of anilines is 1. The normalized spacial score (nSPS) is 11.4. The molecule has 0 spiro atoms. The van der Waals surface area contributed by atoms with E-state index in [0.29, 0.717) is 10.7 Å². The molecule has 0 aromatic heterocycles. The molecule has 0 unspecified atom stereocenters. The van der Waals surface area contributed by atoms with Gasteiger partial charge in [0, 0.05) is 10.7 Å². The van der Waals surface area contributed by atoms with E-state index in [1.54, 1.807) is 12.1 Å². The van der Waals surface area contributed by atoms with Crippen molar-refractivity contribution in [1.82, 2.24) is 5.32 Å². The third kappa shape index (κ3) is 6.27. The lowest BCUT2D eigenvalue weighted by molar-refractivity contribution is -0.152. The van der Waals surface area contributed by atoms with Gasteiger partial charge in [-0.1, -0.05) is 40.9 Å². The molecule has 2 amide bonds. The Morgan fingerprint density at radius 1 is 1.07 bits per heavy atom. The minimum Gasteiger partial charge on any atom is -0.451 e. The molecule has 0 aliphatic heterocycles. The molecule has 142 valence electrons.